The molecular formula is C13H20O4. The number of aliphatic hydroxyl groups excluding tert-OH is 1. The summed E-state index contributed by atoms with van der Waals surface area (Å²) in [5.41, 5.74) is 0. The van der Waals surface area contributed by atoms with E-state index in [4.69, 9.17) is 5.11 Å². The van der Waals surface area contributed by atoms with Crippen molar-refractivity contribution < 1.29 is 19.8 Å². The van der Waals surface area contributed by atoms with Gasteiger partial charge in [0.2, 0.25) is 0 Å². The maximum atomic E-state index is 12.0. The van der Waals surface area contributed by atoms with Crippen LogP contribution >= 0.6 is 0 Å². The van der Waals surface area contributed by atoms with Crippen molar-refractivity contribution in [3.05, 3.63) is 0 Å². The van der Waals surface area contributed by atoms with E-state index in [0.717, 1.165) is 32.1 Å². The van der Waals surface area contributed by atoms with E-state index in [1.807, 2.05) is 0 Å². The smallest absolute Gasteiger partial charge is 0.309 e. The normalized spacial score (nSPS) is 39.0. The van der Waals surface area contributed by atoms with Crippen LogP contribution in [0.15, 0.2) is 0 Å². The van der Waals surface area contributed by atoms with Gasteiger partial charge in [-0.05, 0) is 25.2 Å². The third kappa shape index (κ3) is 2.51. The molecule has 2 rings (SSSR count). The van der Waals surface area contributed by atoms with Gasteiger partial charge >= 0.3 is 5.97 Å². The van der Waals surface area contributed by atoms with E-state index in [1.54, 1.807) is 0 Å². The van der Waals surface area contributed by atoms with Crippen molar-refractivity contribution in [1.82, 2.24) is 0 Å². The molecule has 4 atom stereocenters. The quantitative estimate of drug-likeness (QED) is 0.730. The van der Waals surface area contributed by atoms with Crippen LogP contribution in [-0.2, 0) is 9.59 Å². The van der Waals surface area contributed by atoms with Gasteiger partial charge in [0.25, 0.3) is 0 Å². The lowest BCUT2D eigenvalue weighted by atomic mass is 9.86. The van der Waals surface area contributed by atoms with Crippen molar-refractivity contribution in [2.45, 2.75) is 51.0 Å². The van der Waals surface area contributed by atoms with Crippen LogP contribution in [0, 0.1) is 17.8 Å². The maximum Gasteiger partial charge on any atom is 0.309 e. The van der Waals surface area contributed by atoms with Crippen molar-refractivity contribution in [3.8, 4) is 0 Å². The highest BCUT2D eigenvalue weighted by molar-refractivity contribution is 5.83. The van der Waals surface area contributed by atoms with E-state index in [2.05, 4.69) is 0 Å². The fourth-order valence-corrected chi connectivity index (χ4v) is 3.33. The Kier molecular flexibility index (Phi) is 3.82. The highest BCUT2D eigenvalue weighted by Gasteiger charge is 2.47. The predicted octanol–water partition coefficient (Wildman–Crippen LogP) is 1.61. The van der Waals surface area contributed by atoms with Gasteiger partial charge in [-0.1, -0.05) is 19.3 Å². The molecule has 2 aliphatic rings. The Morgan fingerprint density at radius 2 is 1.88 bits per heavy atom. The molecule has 0 radical (unpaired) electrons. The van der Waals surface area contributed by atoms with Crippen LogP contribution < -0.4 is 0 Å². The average molecular weight is 240 g/mol. The summed E-state index contributed by atoms with van der Waals surface area (Å²) < 4.78 is 0. The zero-order chi connectivity index (χ0) is 12.4. The molecule has 17 heavy (non-hydrogen) atoms. The number of Topliss-reactive ketones (excluding diaryl/α,β-unsaturated/α-hetero) is 1. The van der Waals surface area contributed by atoms with Crippen molar-refractivity contribution in [1.29, 1.82) is 0 Å². The summed E-state index contributed by atoms with van der Waals surface area (Å²) in [5, 5.41) is 19.1. The highest BCUT2D eigenvalue weighted by Crippen LogP contribution is 2.41. The summed E-state index contributed by atoms with van der Waals surface area (Å²) in [6.07, 6.45) is 4.92. The molecule has 0 heterocycles. The summed E-state index contributed by atoms with van der Waals surface area (Å²) in [6.45, 7) is 0. The van der Waals surface area contributed by atoms with Gasteiger partial charge in [-0.25, -0.2) is 0 Å². The summed E-state index contributed by atoms with van der Waals surface area (Å²) in [7, 11) is 0. The topological polar surface area (TPSA) is 74.6 Å². The number of carbonyl (C=O) groups excluding carboxylic acids is 1. The molecule has 0 aromatic heterocycles. The largest absolute Gasteiger partial charge is 0.481 e. The first-order chi connectivity index (χ1) is 8.11. The number of rotatable bonds is 1. The number of carbonyl (C=O) groups is 2. The monoisotopic (exact) mass is 240 g/mol. The van der Waals surface area contributed by atoms with E-state index in [0.29, 0.717) is 12.8 Å². The van der Waals surface area contributed by atoms with Crippen LogP contribution in [0.5, 0.6) is 0 Å². The number of hydrogen-bond donors (Lipinski definition) is 2. The zero-order valence-corrected chi connectivity index (χ0v) is 9.97. The lowest BCUT2D eigenvalue weighted by Gasteiger charge is -2.20. The molecule has 0 aromatic carbocycles. The Labute approximate surface area is 101 Å². The SMILES string of the molecule is O=C(O)C1CC2C(=O)CCCCCCC2C1O. The molecule has 0 aliphatic heterocycles. The van der Waals surface area contributed by atoms with Crippen molar-refractivity contribution in [3.63, 3.8) is 0 Å². The minimum atomic E-state index is -0.963. The summed E-state index contributed by atoms with van der Waals surface area (Å²) in [4.78, 5) is 23.0. The van der Waals surface area contributed by atoms with Gasteiger partial charge < -0.3 is 10.2 Å². The average Bonchev–Trinajstić information content (AvgIpc) is 2.63. The number of aliphatic carboxylic acids is 1. The number of fused-ring (bicyclic) bond motifs is 1. The van der Waals surface area contributed by atoms with Gasteiger partial charge in [0.05, 0.1) is 12.0 Å². The van der Waals surface area contributed by atoms with Crippen LogP contribution in [0.2, 0.25) is 0 Å². The van der Waals surface area contributed by atoms with E-state index in [-0.39, 0.29) is 17.6 Å². The molecule has 2 N–H and O–H groups in total. The summed E-state index contributed by atoms with van der Waals surface area (Å²) in [5.74, 6) is -1.88. The number of hydrogen-bond acceptors (Lipinski definition) is 3. The third-order valence-electron chi connectivity index (χ3n) is 4.32. The first kappa shape index (κ1) is 12.6. The van der Waals surface area contributed by atoms with Gasteiger partial charge in [-0.15, -0.1) is 0 Å². The van der Waals surface area contributed by atoms with Gasteiger partial charge in [-0.3, -0.25) is 9.59 Å². The van der Waals surface area contributed by atoms with E-state index >= 15 is 0 Å². The standard InChI is InChI=1S/C13H20O4/c14-11-6-4-2-1-3-5-8-9(11)7-10(12(8)15)13(16)17/h8-10,12,15H,1-7H2,(H,16,17). The van der Waals surface area contributed by atoms with E-state index in [1.165, 1.54) is 0 Å². The molecule has 96 valence electrons. The van der Waals surface area contributed by atoms with Crippen LogP contribution in [0.4, 0.5) is 0 Å². The minimum Gasteiger partial charge on any atom is -0.481 e. The molecule has 0 bridgehead atoms. The molecule has 0 amide bonds. The first-order valence-electron chi connectivity index (χ1n) is 6.55. The fourth-order valence-electron chi connectivity index (χ4n) is 3.33. The zero-order valence-electron chi connectivity index (χ0n) is 9.97. The maximum absolute atomic E-state index is 12.0. The lowest BCUT2D eigenvalue weighted by molar-refractivity contribution is -0.145. The highest BCUT2D eigenvalue weighted by atomic mass is 16.4. The number of carboxylic acids is 1. The van der Waals surface area contributed by atoms with Gasteiger partial charge in [0.15, 0.2) is 0 Å². The van der Waals surface area contributed by atoms with Crippen molar-refractivity contribution in [2.24, 2.45) is 17.8 Å². The Bertz CT molecular complexity index is 313. The lowest BCUT2D eigenvalue weighted by Crippen LogP contribution is -2.28. The minimum absolute atomic E-state index is 0.123. The van der Waals surface area contributed by atoms with Crippen LogP contribution in [0.1, 0.15) is 44.9 Å². The molecule has 0 saturated heterocycles. The second-order valence-corrected chi connectivity index (χ2v) is 5.36. The van der Waals surface area contributed by atoms with Crippen molar-refractivity contribution in [2.75, 3.05) is 0 Å². The second kappa shape index (κ2) is 5.17. The molecule has 2 fully saturated rings. The Balaban J connectivity index is 2.15. The van der Waals surface area contributed by atoms with Gasteiger partial charge in [0.1, 0.15) is 5.78 Å². The van der Waals surface area contributed by atoms with Crippen LogP contribution in [0.3, 0.4) is 0 Å². The van der Waals surface area contributed by atoms with Crippen LogP contribution in [-0.4, -0.2) is 28.1 Å². The Morgan fingerprint density at radius 1 is 1.18 bits per heavy atom. The fraction of sp³-hybridized carbons (Fsp3) is 0.846. The predicted molar refractivity (Wildman–Crippen MR) is 61.4 cm³/mol. The summed E-state index contributed by atoms with van der Waals surface area (Å²) in [6, 6.07) is 0. The first-order valence-corrected chi connectivity index (χ1v) is 6.55. The molecule has 2 saturated carbocycles. The van der Waals surface area contributed by atoms with Crippen LogP contribution in [0.25, 0.3) is 0 Å². The molecule has 2 aliphatic carbocycles. The molecule has 0 spiro atoms. The Hall–Kier alpha value is -0.900. The molecule has 4 nitrogen and oxygen atoms in total. The van der Waals surface area contributed by atoms with E-state index < -0.39 is 18.0 Å². The number of ketones is 1. The van der Waals surface area contributed by atoms with Gasteiger partial charge in [0, 0.05) is 12.3 Å². The second-order valence-electron chi connectivity index (χ2n) is 5.36. The molecule has 0 aromatic rings. The number of aliphatic hydroxyl groups is 1. The third-order valence-corrected chi connectivity index (χ3v) is 4.32. The summed E-state index contributed by atoms with van der Waals surface area (Å²) >= 11 is 0. The van der Waals surface area contributed by atoms with E-state index in [9.17, 15) is 14.7 Å². The Morgan fingerprint density at radius 3 is 2.59 bits per heavy atom. The molecule has 4 heteroatoms. The number of carboxylic acid groups (broad SMARTS) is 1. The molecular weight excluding hydrogens is 220 g/mol. The van der Waals surface area contributed by atoms with Gasteiger partial charge in [-0.2, -0.15) is 0 Å². The van der Waals surface area contributed by atoms with Crippen molar-refractivity contribution >= 4 is 11.8 Å². The molecule has 4 unspecified atom stereocenters.